The lowest BCUT2D eigenvalue weighted by Gasteiger charge is -2.06. The van der Waals surface area contributed by atoms with Gasteiger partial charge in [0.2, 0.25) is 0 Å². The smallest absolute Gasteiger partial charge is 0.135 e. The number of hydrogen-bond donors (Lipinski definition) is 2. The van der Waals surface area contributed by atoms with Gasteiger partial charge in [0, 0.05) is 5.56 Å². The topological polar surface area (TPSA) is 49.7 Å². The monoisotopic (exact) mass is 232 g/mol. The zero-order valence-electron chi connectivity index (χ0n) is 6.54. The number of phenols is 1. The van der Waals surface area contributed by atoms with Crippen LogP contribution in [0.4, 0.5) is 0 Å². The average Bonchev–Trinajstić information content (AvgIpc) is 2.09. The molecule has 0 radical (unpaired) electrons. The number of aliphatic hydroxyl groups excluding tert-OH is 1. The number of halogens is 1. The van der Waals surface area contributed by atoms with Crippen molar-refractivity contribution in [3.05, 3.63) is 22.2 Å². The molecule has 1 aromatic rings. The lowest BCUT2D eigenvalue weighted by Crippen LogP contribution is -1.89. The Bertz CT molecular complexity index is 286. The summed E-state index contributed by atoms with van der Waals surface area (Å²) in [5.74, 6) is 0.655. The maximum absolute atomic E-state index is 9.36. The van der Waals surface area contributed by atoms with Crippen molar-refractivity contribution in [2.75, 3.05) is 7.11 Å². The summed E-state index contributed by atoms with van der Waals surface area (Å²) in [5, 5.41) is 18.2. The molecule has 0 aliphatic carbocycles. The van der Waals surface area contributed by atoms with Crippen LogP contribution in [0.3, 0.4) is 0 Å². The highest BCUT2D eigenvalue weighted by atomic mass is 79.9. The van der Waals surface area contributed by atoms with Gasteiger partial charge in [0.05, 0.1) is 18.2 Å². The molecule has 0 amide bonds. The van der Waals surface area contributed by atoms with E-state index in [2.05, 4.69) is 15.9 Å². The normalized spacial score (nSPS) is 9.92. The van der Waals surface area contributed by atoms with Crippen LogP contribution in [0.25, 0.3) is 0 Å². The molecule has 1 rings (SSSR count). The minimum absolute atomic E-state index is 0.0540. The molecule has 0 aliphatic heterocycles. The van der Waals surface area contributed by atoms with E-state index < -0.39 is 0 Å². The predicted octanol–water partition coefficient (Wildman–Crippen LogP) is 1.66. The van der Waals surface area contributed by atoms with Crippen LogP contribution >= 0.6 is 15.9 Å². The number of ether oxygens (including phenoxy) is 1. The van der Waals surface area contributed by atoms with Gasteiger partial charge in [-0.25, -0.2) is 0 Å². The third-order valence-corrected chi connectivity index (χ3v) is 2.13. The molecule has 1 aromatic carbocycles. The highest BCUT2D eigenvalue weighted by molar-refractivity contribution is 9.10. The highest BCUT2D eigenvalue weighted by Crippen LogP contribution is 2.32. The van der Waals surface area contributed by atoms with Crippen LogP contribution in [0.15, 0.2) is 16.6 Å². The SMILES string of the molecule is COc1cc(Br)c(O)c(CO)c1. The number of rotatable bonds is 2. The van der Waals surface area contributed by atoms with E-state index in [1.165, 1.54) is 7.11 Å². The summed E-state index contributed by atoms with van der Waals surface area (Å²) < 4.78 is 5.46. The molecule has 0 atom stereocenters. The fourth-order valence-electron chi connectivity index (χ4n) is 0.867. The molecule has 0 aliphatic rings. The Morgan fingerprint density at radius 3 is 2.67 bits per heavy atom. The molecule has 66 valence electrons. The lowest BCUT2D eigenvalue weighted by molar-refractivity contribution is 0.274. The largest absolute Gasteiger partial charge is 0.506 e. The van der Waals surface area contributed by atoms with Gasteiger partial charge in [0.25, 0.3) is 0 Å². The summed E-state index contributed by atoms with van der Waals surface area (Å²) in [6.07, 6.45) is 0. The van der Waals surface area contributed by atoms with Crippen molar-refractivity contribution in [2.45, 2.75) is 6.61 Å². The molecule has 0 aromatic heterocycles. The third-order valence-electron chi connectivity index (χ3n) is 1.52. The van der Waals surface area contributed by atoms with Crippen molar-refractivity contribution in [1.82, 2.24) is 0 Å². The Kier molecular flexibility index (Phi) is 2.94. The maximum atomic E-state index is 9.36. The number of aromatic hydroxyl groups is 1. The molecule has 4 heteroatoms. The van der Waals surface area contributed by atoms with Gasteiger partial charge in [-0.15, -0.1) is 0 Å². The fourth-order valence-corrected chi connectivity index (χ4v) is 1.35. The van der Waals surface area contributed by atoms with Crippen molar-refractivity contribution in [1.29, 1.82) is 0 Å². The summed E-state index contributed by atoms with van der Waals surface area (Å²) in [5.41, 5.74) is 0.446. The minimum atomic E-state index is -0.207. The van der Waals surface area contributed by atoms with Gasteiger partial charge in [-0.3, -0.25) is 0 Å². The summed E-state index contributed by atoms with van der Waals surface area (Å²) in [6, 6.07) is 3.22. The maximum Gasteiger partial charge on any atom is 0.135 e. The first kappa shape index (κ1) is 9.35. The molecular formula is C8H9BrO3. The van der Waals surface area contributed by atoms with E-state index in [9.17, 15) is 5.11 Å². The van der Waals surface area contributed by atoms with Gasteiger partial charge in [0.15, 0.2) is 0 Å². The molecule has 0 heterocycles. The van der Waals surface area contributed by atoms with Gasteiger partial charge in [0.1, 0.15) is 11.5 Å². The summed E-state index contributed by atoms with van der Waals surface area (Å²) in [4.78, 5) is 0. The van der Waals surface area contributed by atoms with E-state index in [0.29, 0.717) is 15.8 Å². The molecule has 2 N–H and O–H groups in total. The van der Waals surface area contributed by atoms with Crippen molar-refractivity contribution < 1.29 is 14.9 Å². The van der Waals surface area contributed by atoms with E-state index in [4.69, 9.17) is 9.84 Å². The number of benzene rings is 1. The zero-order valence-corrected chi connectivity index (χ0v) is 8.13. The predicted molar refractivity (Wildman–Crippen MR) is 48.3 cm³/mol. The number of aliphatic hydroxyl groups is 1. The van der Waals surface area contributed by atoms with Gasteiger partial charge in [-0.2, -0.15) is 0 Å². The van der Waals surface area contributed by atoms with Crippen molar-refractivity contribution in [3.8, 4) is 11.5 Å². The molecule has 3 nitrogen and oxygen atoms in total. The first-order chi connectivity index (χ1) is 5.69. The second-order valence-corrected chi connectivity index (χ2v) is 3.13. The van der Waals surface area contributed by atoms with Crippen molar-refractivity contribution in [2.24, 2.45) is 0 Å². The van der Waals surface area contributed by atoms with E-state index in [1.807, 2.05) is 0 Å². The van der Waals surface area contributed by atoms with Crippen LogP contribution in [0, 0.1) is 0 Å². The average molecular weight is 233 g/mol. The molecular weight excluding hydrogens is 224 g/mol. The van der Waals surface area contributed by atoms with Crippen LogP contribution in [0.5, 0.6) is 11.5 Å². The van der Waals surface area contributed by atoms with Gasteiger partial charge >= 0.3 is 0 Å². The summed E-state index contributed by atoms with van der Waals surface area (Å²) in [7, 11) is 1.53. The minimum Gasteiger partial charge on any atom is -0.506 e. The molecule has 0 fully saturated rings. The van der Waals surface area contributed by atoms with Crippen LogP contribution < -0.4 is 4.74 Å². The first-order valence-corrected chi connectivity index (χ1v) is 4.14. The Hall–Kier alpha value is -0.740. The molecule has 0 saturated carbocycles. The van der Waals surface area contributed by atoms with Crippen LogP contribution in [-0.2, 0) is 6.61 Å². The molecule has 0 spiro atoms. The van der Waals surface area contributed by atoms with E-state index in [-0.39, 0.29) is 12.4 Å². The molecule has 0 bridgehead atoms. The van der Waals surface area contributed by atoms with E-state index in [1.54, 1.807) is 12.1 Å². The third kappa shape index (κ3) is 1.70. The first-order valence-electron chi connectivity index (χ1n) is 3.35. The summed E-state index contributed by atoms with van der Waals surface area (Å²) in [6.45, 7) is -0.207. The van der Waals surface area contributed by atoms with Gasteiger partial charge < -0.3 is 14.9 Å². The fraction of sp³-hybridized carbons (Fsp3) is 0.250. The van der Waals surface area contributed by atoms with Crippen LogP contribution in [0.1, 0.15) is 5.56 Å². The molecule has 12 heavy (non-hydrogen) atoms. The molecule has 0 saturated heterocycles. The van der Waals surface area contributed by atoms with Gasteiger partial charge in [-0.05, 0) is 28.1 Å². The summed E-state index contributed by atoms with van der Waals surface area (Å²) >= 11 is 3.14. The van der Waals surface area contributed by atoms with Gasteiger partial charge in [-0.1, -0.05) is 0 Å². The Morgan fingerprint density at radius 2 is 2.17 bits per heavy atom. The highest BCUT2D eigenvalue weighted by Gasteiger charge is 2.06. The van der Waals surface area contributed by atoms with E-state index in [0.717, 1.165) is 0 Å². The Balaban J connectivity index is 3.19. The quantitative estimate of drug-likeness (QED) is 0.816. The second kappa shape index (κ2) is 3.78. The number of methoxy groups -OCH3 is 1. The van der Waals surface area contributed by atoms with Crippen LogP contribution in [0.2, 0.25) is 0 Å². The molecule has 0 unspecified atom stereocenters. The Labute approximate surface area is 78.7 Å². The zero-order chi connectivity index (χ0) is 9.14. The van der Waals surface area contributed by atoms with Crippen molar-refractivity contribution in [3.63, 3.8) is 0 Å². The van der Waals surface area contributed by atoms with Crippen molar-refractivity contribution >= 4 is 15.9 Å². The number of hydrogen-bond acceptors (Lipinski definition) is 3. The standard InChI is InChI=1S/C8H9BrO3/c1-12-6-2-5(4-10)8(11)7(9)3-6/h2-3,10-11H,4H2,1H3. The van der Waals surface area contributed by atoms with E-state index >= 15 is 0 Å². The second-order valence-electron chi connectivity index (χ2n) is 2.28. The van der Waals surface area contributed by atoms with Crippen LogP contribution in [-0.4, -0.2) is 17.3 Å². The Morgan fingerprint density at radius 1 is 1.50 bits per heavy atom. The lowest BCUT2D eigenvalue weighted by atomic mass is 10.2.